The van der Waals surface area contributed by atoms with E-state index in [1.54, 1.807) is 0 Å². The molecule has 0 amide bonds. The molecule has 2 aromatic rings. The smallest absolute Gasteiger partial charge is 0.0718 e. The predicted molar refractivity (Wildman–Crippen MR) is 103 cm³/mol. The standard InChI is InChI=1S/C22H30N2O/c1-17(2)22(19-11-7-4-8-12-19)23-20-16-24(14-13-21(20)25)15-18-9-5-3-6-10-18/h3-12,17,20-23,25H,13-16H2,1-2H3/t20-,21-,22?/m1/s1. The molecule has 3 rings (SSSR count). The number of aliphatic hydroxyl groups excluding tert-OH is 1. The monoisotopic (exact) mass is 338 g/mol. The molecule has 2 N–H and O–H groups in total. The number of hydrogen-bond acceptors (Lipinski definition) is 3. The number of nitrogens with zero attached hydrogens (tertiary/aromatic N) is 1. The number of hydrogen-bond donors (Lipinski definition) is 2. The molecule has 0 aromatic heterocycles. The Balaban J connectivity index is 1.67. The average Bonchev–Trinajstić information content (AvgIpc) is 2.63. The van der Waals surface area contributed by atoms with E-state index in [0.29, 0.717) is 5.92 Å². The van der Waals surface area contributed by atoms with Crippen molar-refractivity contribution in [2.45, 2.75) is 45.0 Å². The summed E-state index contributed by atoms with van der Waals surface area (Å²) in [5, 5.41) is 14.3. The lowest BCUT2D eigenvalue weighted by molar-refractivity contribution is 0.0368. The molecule has 0 spiro atoms. The van der Waals surface area contributed by atoms with Crippen LogP contribution in [0, 0.1) is 5.92 Å². The molecular weight excluding hydrogens is 308 g/mol. The summed E-state index contributed by atoms with van der Waals surface area (Å²) in [4.78, 5) is 2.45. The van der Waals surface area contributed by atoms with Gasteiger partial charge in [0.2, 0.25) is 0 Å². The van der Waals surface area contributed by atoms with Crippen LogP contribution in [0.25, 0.3) is 0 Å². The average molecular weight is 338 g/mol. The number of nitrogens with one attached hydrogen (secondary N) is 1. The SMILES string of the molecule is CC(C)C(N[C@@H]1CN(Cc2ccccc2)CC[C@H]1O)c1ccccc1. The van der Waals surface area contributed by atoms with E-state index in [4.69, 9.17) is 0 Å². The Morgan fingerprint density at radius 2 is 1.68 bits per heavy atom. The third-order valence-corrected chi connectivity index (χ3v) is 5.13. The summed E-state index contributed by atoms with van der Waals surface area (Å²) in [5.41, 5.74) is 2.63. The zero-order valence-corrected chi connectivity index (χ0v) is 15.3. The molecule has 1 aliphatic heterocycles. The van der Waals surface area contributed by atoms with Gasteiger partial charge in [-0.2, -0.15) is 0 Å². The van der Waals surface area contributed by atoms with Crippen LogP contribution in [0.4, 0.5) is 0 Å². The topological polar surface area (TPSA) is 35.5 Å². The number of piperidine rings is 1. The Labute approximate surface area is 151 Å². The van der Waals surface area contributed by atoms with E-state index in [9.17, 15) is 5.11 Å². The molecule has 1 heterocycles. The van der Waals surface area contributed by atoms with Gasteiger partial charge in [-0.15, -0.1) is 0 Å². The third kappa shape index (κ3) is 4.91. The van der Waals surface area contributed by atoms with Gasteiger partial charge in [0, 0.05) is 31.7 Å². The highest BCUT2D eigenvalue weighted by Crippen LogP contribution is 2.24. The van der Waals surface area contributed by atoms with Crippen molar-refractivity contribution in [2.75, 3.05) is 13.1 Å². The van der Waals surface area contributed by atoms with Gasteiger partial charge in [0.05, 0.1) is 6.10 Å². The van der Waals surface area contributed by atoms with Gasteiger partial charge in [-0.25, -0.2) is 0 Å². The van der Waals surface area contributed by atoms with E-state index in [2.05, 4.69) is 84.7 Å². The Bertz CT molecular complexity index is 629. The Hall–Kier alpha value is -1.68. The van der Waals surface area contributed by atoms with Crippen molar-refractivity contribution >= 4 is 0 Å². The summed E-state index contributed by atoms with van der Waals surface area (Å²) >= 11 is 0. The van der Waals surface area contributed by atoms with Crippen LogP contribution in [0.1, 0.15) is 37.4 Å². The van der Waals surface area contributed by atoms with Crippen LogP contribution < -0.4 is 5.32 Å². The summed E-state index contributed by atoms with van der Waals surface area (Å²) < 4.78 is 0. The minimum absolute atomic E-state index is 0.102. The van der Waals surface area contributed by atoms with Gasteiger partial charge in [0.1, 0.15) is 0 Å². The van der Waals surface area contributed by atoms with Crippen LogP contribution >= 0.6 is 0 Å². The lowest BCUT2D eigenvalue weighted by atomic mass is 9.93. The summed E-state index contributed by atoms with van der Waals surface area (Å²) in [6.45, 7) is 7.25. The van der Waals surface area contributed by atoms with E-state index in [1.807, 2.05) is 0 Å². The molecule has 3 heteroatoms. The lowest BCUT2D eigenvalue weighted by Gasteiger charge is -2.39. The summed E-state index contributed by atoms with van der Waals surface area (Å²) in [6.07, 6.45) is 0.543. The Morgan fingerprint density at radius 3 is 2.32 bits per heavy atom. The highest BCUT2D eigenvalue weighted by atomic mass is 16.3. The summed E-state index contributed by atoms with van der Waals surface area (Å²) in [6, 6.07) is 21.5. The molecule has 3 nitrogen and oxygen atoms in total. The largest absolute Gasteiger partial charge is 0.391 e. The molecule has 0 radical (unpaired) electrons. The van der Waals surface area contributed by atoms with Crippen molar-refractivity contribution in [1.29, 1.82) is 0 Å². The molecule has 1 fully saturated rings. The van der Waals surface area contributed by atoms with Crippen molar-refractivity contribution in [3.63, 3.8) is 0 Å². The molecule has 1 aliphatic rings. The van der Waals surface area contributed by atoms with Crippen LogP contribution in [0.3, 0.4) is 0 Å². The quantitative estimate of drug-likeness (QED) is 0.845. The maximum Gasteiger partial charge on any atom is 0.0718 e. The first-order chi connectivity index (χ1) is 12.1. The molecular formula is C22H30N2O. The van der Waals surface area contributed by atoms with Crippen LogP contribution in [0.2, 0.25) is 0 Å². The molecule has 134 valence electrons. The number of aliphatic hydroxyl groups is 1. The number of benzene rings is 2. The van der Waals surface area contributed by atoms with Gasteiger partial charge >= 0.3 is 0 Å². The molecule has 1 saturated heterocycles. The van der Waals surface area contributed by atoms with Gasteiger partial charge in [-0.05, 0) is 23.5 Å². The maximum absolute atomic E-state index is 10.5. The van der Waals surface area contributed by atoms with Gasteiger partial charge in [0.25, 0.3) is 0 Å². The minimum Gasteiger partial charge on any atom is -0.391 e. The van der Waals surface area contributed by atoms with Gasteiger partial charge in [0.15, 0.2) is 0 Å². The molecule has 2 aromatic carbocycles. The third-order valence-electron chi connectivity index (χ3n) is 5.13. The van der Waals surface area contributed by atoms with Crippen molar-refractivity contribution in [3.8, 4) is 0 Å². The van der Waals surface area contributed by atoms with E-state index in [-0.39, 0.29) is 18.2 Å². The second-order valence-corrected chi connectivity index (χ2v) is 7.48. The second kappa shape index (κ2) is 8.61. The molecule has 0 aliphatic carbocycles. The summed E-state index contributed by atoms with van der Waals surface area (Å²) in [7, 11) is 0. The van der Waals surface area contributed by atoms with Crippen molar-refractivity contribution < 1.29 is 5.11 Å². The van der Waals surface area contributed by atoms with Crippen molar-refractivity contribution in [1.82, 2.24) is 10.2 Å². The van der Waals surface area contributed by atoms with Crippen LogP contribution in [-0.4, -0.2) is 35.2 Å². The zero-order chi connectivity index (χ0) is 17.6. The van der Waals surface area contributed by atoms with Crippen LogP contribution in [0.5, 0.6) is 0 Å². The fraction of sp³-hybridized carbons (Fsp3) is 0.455. The highest BCUT2D eigenvalue weighted by Gasteiger charge is 2.30. The molecule has 0 saturated carbocycles. The van der Waals surface area contributed by atoms with E-state index in [0.717, 1.165) is 26.1 Å². The first-order valence-electron chi connectivity index (χ1n) is 9.39. The minimum atomic E-state index is -0.281. The van der Waals surface area contributed by atoms with Crippen LogP contribution in [-0.2, 0) is 6.54 Å². The van der Waals surface area contributed by atoms with Gasteiger partial charge in [-0.1, -0.05) is 74.5 Å². The molecule has 1 unspecified atom stereocenters. The van der Waals surface area contributed by atoms with Crippen LogP contribution in [0.15, 0.2) is 60.7 Å². The van der Waals surface area contributed by atoms with Gasteiger partial charge in [-0.3, -0.25) is 4.90 Å². The van der Waals surface area contributed by atoms with Crippen molar-refractivity contribution in [2.24, 2.45) is 5.92 Å². The predicted octanol–water partition coefficient (Wildman–Crippen LogP) is 3.61. The summed E-state index contributed by atoms with van der Waals surface area (Å²) in [5.74, 6) is 0.471. The molecule has 3 atom stereocenters. The highest BCUT2D eigenvalue weighted by molar-refractivity contribution is 5.20. The fourth-order valence-corrected chi connectivity index (χ4v) is 3.72. The Kier molecular flexibility index (Phi) is 6.24. The van der Waals surface area contributed by atoms with E-state index >= 15 is 0 Å². The first kappa shape index (κ1) is 18.1. The first-order valence-corrected chi connectivity index (χ1v) is 9.39. The zero-order valence-electron chi connectivity index (χ0n) is 15.3. The fourth-order valence-electron chi connectivity index (χ4n) is 3.72. The van der Waals surface area contributed by atoms with E-state index < -0.39 is 0 Å². The second-order valence-electron chi connectivity index (χ2n) is 7.48. The molecule has 25 heavy (non-hydrogen) atoms. The maximum atomic E-state index is 10.5. The normalized spacial score (nSPS) is 22.9. The molecule has 0 bridgehead atoms. The van der Waals surface area contributed by atoms with Crippen molar-refractivity contribution in [3.05, 3.63) is 71.8 Å². The lowest BCUT2D eigenvalue weighted by Crippen LogP contribution is -2.54. The number of rotatable bonds is 6. The van der Waals surface area contributed by atoms with Gasteiger partial charge < -0.3 is 10.4 Å². The Morgan fingerprint density at radius 1 is 1.04 bits per heavy atom. The number of likely N-dealkylation sites (tertiary alicyclic amines) is 1. The van der Waals surface area contributed by atoms with E-state index in [1.165, 1.54) is 11.1 Å².